The second-order valence-electron chi connectivity index (χ2n) is 4.07. The van der Waals surface area contributed by atoms with Crippen LogP contribution in [0.15, 0.2) is 0 Å². The molecular weight excluding hydrogens is 132 g/mol. The van der Waals surface area contributed by atoms with Gasteiger partial charge in [-0.05, 0) is 11.8 Å². The summed E-state index contributed by atoms with van der Waals surface area (Å²) in [4.78, 5) is 0. The number of hydrogen-bond donors (Lipinski definition) is 0. The second kappa shape index (κ2) is 6.69. The molecule has 0 N–H and O–H groups in total. The summed E-state index contributed by atoms with van der Waals surface area (Å²) in [6, 6.07) is 0. The first-order valence-electron chi connectivity index (χ1n) is 4.96. The van der Waals surface area contributed by atoms with Crippen LogP contribution in [-0.2, 0) is 0 Å². The van der Waals surface area contributed by atoms with Crippen molar-refractivity contribution in [3.05, 3.63) is 6.92 Å². The van der Waals surface area contributed by atoms with E-state index in [2.05, 4.69) is 27.7 Å². The third-order valence-electron chi connectivity index (χ3n) is 2.18. The molecule has 0 nitrogen and oxygen atoms in total. The average Bonchev–Trinajstić information content (AvgIpc) is 1.87. The molecule has 0 aromatic rings. The van der Waals surface area contributed by atoms with Gasteiger partial charge in [0.25, 0.3) is 0 Å². The van der Waals surface area contributed by atoms with E-state index in [9.17, 15) is 0 Å². The van der Waals surface area contributed by atoms with E-state index < -0.39 is 0 Å². The molecule has 0 aliphatic rings. The van der Waals surface area contributed by atoms with E-state index in [-0.39, 0.29) is 0 Å². The lowest BCUT2D eigenvalue weighted by molar-refractivity contribution is 0.439. The largest absolute Gasteiger partial charge is 0.0628 e. The van der Waals surface area contributed by atoms with Crippen molar-refractivity contribution in [2.75, 3.05) is 0 Å². The van der Waals surface area contributed by atoms with Crippen LogP contribution in [-0.4, -0.2) is 0 Å². The molecule has 0 heterocycles. The highest BCUT2D eigenvalue weighted by Gasteiger charge is 2.00. The second-order valence-corrected chi connectivity index (χ2v) is 4.07. The summed E-state index contributed by atoms with van der Waals surface area (Å²) in [5.74, 6) is 1.77. The van der Waals surface area contributed by atoms with Gasteiger partial charge in [0.05, 0.1) is 0 Å². The molecule has 1 atom stereocenters. The van der Waals surface area contributed by atoms with Crippen LogP contribution < -0.4 is 0 Å². The Morgan fingerprint density at radius 1 is 1.00 bits per heavy atom. The Labute approximate surface area is 72.4 Å². The standard InChI is InChI=1S/C11H23/c1-5-7-11(4)9-6-8-10(2)3/h10-11H,1,5-9H2,2-4H3. The lowest BCUT2D eigenvalue weighted by Crippen LogP contribution is -1.95. The molecule has 0 fully saturated rings. The third kappa shape index (κ3) is 7.90. The molecule has 1 radical (unpaired) electrons. The van der Waals surface area contributed by atoms with Gasteiger partial charge in [-0.15, -0.1) is 0 Å². The fourth-order valence-corrected chi connectivity index (χ4v) is 1.37. The first-order chi connectivity index (χ1) is 5.16. The van der Waals surface area contributed by atoms with Gasteiger partial charge in [-0.2, -0.15) is 0 Å². The van der Waals surface area contributed by atoms with Gasteiger partial charge in [-0.25, -0.2) is 0 Å². The zero-order chi connectivity index (χ0) is 8.69. The van der Waals surface area contributed by atoms with Crippen molar-refractivity contribution in [3.8, 4) is 0 Å². The summed E-state index contributed by atoms with van der Waals surface area (Å²) in [5.41, 5.74) is 0. The molecule has 0 spiro atoms. The summed E-state index contributed by atoms with van der Waals surface area (Å²) in [6.45, 7) is 10.8. The van der Waals surface area contributed by atoms with Gasteiger partial charge in [0.1, 0.15) is 0 Å². The molecule has 0 aliphatic heterocycles. The summed E-state index contributed by atoms with van der Waals surface area (Å²) >= 11 is 0. The van der Waals surface area contributed by atoms with Crippen LogP contribution in [0.25, 0.3) is 0 Å². The Morgan fingerprint density at radius 2 is 1.64 bits per heavy atom. The van der Waals surface area contributed by atoms with Crippen molar-refractivity contribution < 1.29 is 0 Å². The smallest absolute Gasteiger partial charge is 0.0443 e. The Kier molecular flexibility index (Phi) is 6.69. The van der Waals surface area contributed by atoms with Crippen LogP contribution in [0.1, 0.15) is 52.9 Å². The zero-order valence-corrected chi connectivity index (χ0v) is 8.40. The molecule has 0 rings (SSSR count). The molecule has 1 unspecified atom stereocenters. The lowest BCUT2D eigenvalue weighted by Gasteiger charge is -2.10. The van der Waals surface area contributed by atoms with Crippen LogP contribution in [0.4, 0.5) is 0 Å². The molecule has 0 saturated carbocycles. The van der Waals surface area contributed by atoms with Gasteiger partial charge in [0, 0.05) is 0 Å². The van der Waals surface area contributed by atoms with Gasteiger partial charge < -0.3 is 0 Å². The van der Waals surface area contributed by atoms with Crippen LogP contribution in [0.2, 0.25) is 0 Å². The Balaban J connectivity index is 3.10. The molecule has 0 aromatic carbocycles. The topological polar surface area (TPSA) is 0 Å². The van der Waals surface area contributed by atoms with Gasteiger partial charge in [-0.1, -0.05) is 59.8 Å². The fourth-order valence-electron chi connectivity index (χ4n) is 1.37. The van der Waals surface area contributed by atoms with E-state index in [1.807, 2.05) is 0 Å². The molecular formula is C11H23. The van der Waals surface area contributed by atoms with Crippen molar-refractivity contribution in [1.29, 1.82) is 0 Å². The van der Waals surface area contributed by atoms with Crippen LogP contribution in [0.3, 0.4) is 0 Å². The monoisotopic (exact) mass is 155 g/mol. The highest BCUT2D eigenvalue weighted by atomic mass is 14.1. The minimum atomic E-state index is 0.877. The summed E-state index contributed by atoms with van der Waals surface area (Å²) in [5, 5.41) is 0. The van der Waals surface area contributed by atoms with Crippen molar-refractivity contribution in [2.45, 2.75) is 52.9 Å². The maximum atomic E-state index is 3.87. The molecule has 0 bridgehead atoms. The molecule has 0 aromatic heterocycles. The quantitative estimate of drug-likeness (QED) is 0.542. The van der Waals surface area contributed by atoms with Crippen molar-refractivity contribution in [3.63, 3.8) is 0 Å². The summed E-state index contributed by atoms with van der Waals surface area (Å²) < 4.78 is 0. The molecule has 0 aliphatic carbocycles. The lowest BCUT2D eigenvalue weighted by atomic mass is 9.96. The van der Waals surface area contributed by atoms with E-state index in [4.69, 9.17) is 0 Å². The van der Waals surface area contributed by atoms with Crippen molar-refractivity contribution >= 4 is 0 Å². The van der Waals surface area contributed by atoms with Crippen molar-refractivity contribution in [2.24, 2.45) is 11.8 Å². The first kappa shape index (κ1) is 11.0. The van der Waals surface area contributed by atoms with Gasteiger partial charge in [0.15, 0.2) is 0 Å². The summed E-state index contributed by atoms with van der Waals surface area (Å²) in [7, 11) is 0. The highest BCUT2D eigenvalue weighted by molar-refractivity contribution is 4.55. The van der Waals surface area contributed by atoms with Crippen LogP contribution in [0, 0.1) is 18.8 Å². The maximum absolute atomic E-state index is 3.87. The predicted octanol–water partition coefficient (Wildman–Crippen LogP) is 4.06. The van der Waals surface area contributed by atoms with E-state index >= 15 is 0 Å². The predicted molar refractivity (Wildman–Crippen MR) is 52.4 cm³/mol. The molecule has 11 heavy (non-hydrogen) atoms. The van der Waals surface area contributed by atoms with E-state index in [1.165, 1.54) is 25.7 Å². The third-order valence-corrected chi connectivity index (χ3v) is 2.18. The fraction of sp³-hybridized carbons (Fsp3) is 0.909. The molecule has 0 saturated heterocycles. The first-order valence-corrected chi connectivity index (χ1v) is 4.96. The zero-order valence-electron chi connectivity index (χ0n) is 8.40. The van der Waals surface area contributed by atoms with Gasteiger partial charge in [0.2, 0.25) is 0 Å². The SMILES string of the molecule is [CH2]CCC(C)CCCC(C)C. The average molecular weight is 155 g/mol. The Morgan fingerprint density at radius 3 is 2.09 bits per heavy atom. The minimum absolute atomic E-state index is 0.877. The minimum Gasteiger partial charge on any atom is -0.0628 e. The van der Waals surface area contributed by atoms with Gasteiger partial charge >= 0.3 is 0 Å². The van der Waals surface area contributed by atoms with Crippen molar-refractivity contribution in [1.82, 2.24) is 0 Å². The molecule has 67 valence electrons. The van der Waals surface area contributed by atoms with E-state index in [0.717, 1.165) is 18.3 Å². The van der Waals surface area contributed by atoms with E-state index in [1.54, 1.807) is 0 Å². The Bertz CT molecular complexity index is 74.1. The Hall–Kier alpha value is 0. The van der Waals surface area contributed by atoms with Gasteiger partial charge in [-0.3, -0.25) is 0 Å². The highest BCUT2D eigenvalue weighted by Crippen LogP contribution is 2.15. The van der Waals surface area contributed by atoms with Crippen LogP contribution >= 0.6 is 0 Å². The maximum Gasteiger partial charge on any atom is -0.0443 e. The summed E-state index contributed by atoms with van der Waals surface area (Å²) in [6.07, 6.45) is 6.59. The van der Waals surface area contributed by atoms with E-state index in [0.29, 0.717) is 0 Å². The number of hydrogen-bond acceptors (Lipinski definition) is 0. The molecule has 0 heteroatoms. The normalized spacial score (nSPS) is 13.9. The number of rotatable bonds is 6. The molecule has 0 amide bonds. The van der Waals surface area contributed by atoms with Crippen LogP contribution in [0.5, 0.6) is 0 Å².